The minimum atomic E-state index is -0.398. The summed E-state index contributed by atoms with van der Waals surface area (Å²) >= 11 is 0. The van der Waals surface area contributed by atoms with Gasteiger partial charge in [-0.1, -0.05) is 43.7 Å². The third-order valence-electron chi connectivity index (χ3n) is 3.97. The molecule has 2 N–H and O–H groups in total. The van der Waals surface area contributed by atoms with Crippen molar-refractivity contribution in [2.24, 2.45) is 5.92 Å². The molecule has 0 aliphatic carbocycles. The summed E-state index contributed by atoms with van der Waals surface area (Å²) in [6.45, 7) is 5.92. The van der Waals surface area contributed by atoms with Crippen molar-refractivity contribution in [3.05, 3.63) is 59.9 Å². The lowest BCUT2D eigenvalue weighted by Gasteiger charge is -2.08. The number of amides is 2. The number of benzene rings is 2. The molecule has 1 aromatic heterocycles. The Bertz CT molecular complexity index is 940. The number of hydrogen-bond donors (Lipinski definition) is 2. The van der Waals surface area contributed by atoms with E-state index >= 15 is 0 Å². The number of fused-ring (bicyclic) bond motifs is 1. The number of para-hydroxylation sites is 1. The molecule has 26 heavy (non-hydrogen) atoms. The first kappa shape index (κ1) is 17.7. The number of aryl methyl sites for hydroxylation is 1. The molecule has 0 saturated carbocycles. The van der Waals surface area contributed by atoms with Gasteiger partial charge in [-0.25, -0.2) is 0 Å². The zero-order valence-electron chi connectivity index (χ0n) is 15.1. The van der Waals surface area contributed by atoms with E-state index in [0.29, 0.717) is 28.8 Å². The highest BCUT2D eigenvalue weighted by molar-refractivity contribution is 6.14. The van der Waals surface area contributed by atoms with E-state index in [0.717, 1.165) is 5.56 Å². The third kappa shape index (κ3) is 3.94. The smallest absolute Gasteiger partial charge is 0.293 e. The molecule has 3 rings (SSSR count). The molecule has 0 bridgehead atoms. The second kappa shape index (κ2) is 7.44. The van der Waals surface area contributed by atoms with Crippen molar-refractivity contribution in [3.8, 4) is 0 Å². The van der Waals surface area contributed by atoms with Crippen molar-refractivity contribution in [2.45, 2.75) is 27.2 Å². The van der Waals surface area contributed by atoms with Crippen molar-refractivity contribution < 1.29 is 14.0 Å². The van der Waals surface area contributed by atoms with Crippen LogP contribution in [0.2, 0.25) is 0 Å². The fourth-order valence-electron chi connectivity index (χ4n) is 2.72. The lowest BCUT2D eigenvalue weighted by molar-refractivity contribution is -0.116. The first-order valence-electron chi connectivity index (χ1n) is 8.63. The van der Waals surface area contributed by atoms with Crippen LogP contribution in [-0.2, 0) is 4.79 Å². The number of carbonyl (C=O) groups is 2. The molecule has 1 heterocycles. The van der Waals surface area contributed by atoms with E-state index in [1.807, 2.05) is 63.2 Å². The van der Waals surface area contributed by atoms with Crippen LogP contribution in [0, 0.1) is 12.8 Å². The molecule has 0 atom stereocenters. The van der Waals surface area contributed by atoms with Gasteiger partial charge in [-0.2, -0.15) is 0 Å². The van der Waals surface area contributed by atoms with E-state index < -0.39 is 5.91 Å². The molecule has 3 aromatic rings. The summed E-state index contributed by atoms with van der Waals surface area (Å²) in [5.41, 5.74) is 2.74. The van der Waals surface area contributed by atoms with E-state index in [1.54, 1.807) is 6.07 Å². The van der Waals surface area contributed by atoms with Crippen molar-refractivity contribution in [3.63, 3.8) is 0 Å². The maximum atomic E-state index is 12.7. The van der Waals surface area contributed by atoms with Gasteiger partial charge in [0.1, 0.15) is 11.3 Å². The van der Waals surface area contributed by atoms with Crippen LogP contribution in [0.3, 0.4) is 0 Å². The van der Waals surface area contributed by atoms with Crippen molar-refractivity contribution in [1.82, 2.24) is 0 Å². The molecule has 0 fully saturated rings. The minimum absolute atomic E-state index is 0.101. The molecule has 5 heteroatoms. The van der Waals surface area contributed by atoms with Gasteiger partial charge in [0, 0.05) is 17.5 Å². The zero-order valence-corrected chi connectivity index (χ0v) is 15.1. The molecule has 0 radical (unpaired) electrons. The second-order valence-corrected chi connectivity index (χ2v) is 6.77. The summed E-state index contributed by atoms with van der Waals surface area (Å²) < 4.78 is 5.74. The lowest BCUT2D eigenvalue weighted by atomic mass is 10.1. The van der Waals surface area contributed by atoms with Crippen molar-refractivity contribution >= 4 is 34.2 Å². The lowest BCUT2D eigenvalue weighted by Crippen LogP contribution is -2.18. The Morgan fingerprint density at radius 1 is 1.00 bits per heavy atom. The van der Waals surface area contributed by atoms with Gasteiger partial charge in [0.2, 0.25) is 11.7 Å². The van der Waals surface area contributed by atoms with Crippen LogP contribution < -0.4 is 10.6 Å². The number of rotatable bonds is 5. The Labute approximate surface area is 152 Å². The van der Waals surface area contributed by atoms with Crippen LogP contribution >= 0.6 is 0 Å². The topological polar surface area (TPSA) is 71.3 Å². The van der Waals surface area contributed by atoms with E-state index in [9.17, 15) is 9.59 Å². The first-order valence-corrected chi connectivity index (χ1v) is 8.63. The molecular formula is C21H22N2O3. The number of furan rings is 1. The molecule has 0 aliphatic heterocycles. The molecular weight excluding hydrogens is 328 g/mol. The highest BCUT2D eigenvalue weighted by Gasteiger charge is 2.22. The Balaban J connectivity index is 1.93. The predicted octanol–water partition coefficient (Wildman–Crippen LogP) is 4.98. The monoisotopic (exact) mass is 350 g/mol. The Morgan fingerprint density at radius 3 is 2.38 bits per heavy atom. The van der Waals surface area contributed by atoms with Gasteiger partial charge in [-0.05, 0) is 37.1 Å². The maximum Gasteiger partial charge on any atom is 0.293 e. The van der Waals surface area contributed by atoms with Gasteiger partial charge in [-0.3, -0.25) is 9.59 Å². The number of nitrogens with one attached hydrogen (secondary N) is 2. The van der Waals surface area contributed by atoms with Gasteiger partial charge in [-0.15, -0.1) is 0 Å². The fourth-order valence-corrected chi connectivity index (χ4v) is 2.72. The van der Waals surface area contributed by atoms with Gasteiger partial charge >= 0.3 is 0 Å². The minimum Gasteiger partial charge on any atom is -0.449 e. The van der Waals surface area contributed by atoms with E-state index in [-0.39, 0.29) is 17.6 Å². The van der Waals surface area contributed by atoms with Crippen LogP contribution in [0.25, 0.3) is 11.0 Å². The first-order chi connectivity index (χ1) is 12.4. The SMILES string of the molecule is Cc1ccc(NC(=O)c2oc3ccccc3c2NC(=O)CC(C)C)cc1. The van der Waals surface area contributed by atoms with Crippen LogP contribution in [0.1, 0.15) is 36.4 Å². The molecule has 0 spiro atoms. The normalized spacial score (nSPS) is 10.9. The van der Waals surface area contributed by atoms with Crippen LogP contribution in [0.5, 0.6) is 0 Å². The summed E-state index contributed by atoms with van der Waals surface area (Å²) in [5, 5.41) is 6.37. The highest BCUT2D eigenvalue weighted by Crippen LogP contribution is 2.31. The van der Waals surface area contributed by atoms with E-state index in [1.165, 1.54) is 0 Å². The fraction of sp³-hybridized carbons (Fsp3) is 0.238. The Hall–Kier alpha value is -3.08. The standard InChI is InChI=1S/C21H22N2O3/c1-13(2)12-18(24)23-19-16-6-4-5-7-17(16)26-20(19)21(25)22-15-10-8-14(3)9-11-15/h4-11,13H,12H2,1-3H3,(H,22,25)(H,23,24). The van der Waals surface area contributed by atoms with Gasteiger partial charge in [0.15, 0.2) is 0 Å². The van der Waals surface area contributed by atoms with Crippen LogP contribution in [0.15, 0.2) is 52.9 Å². The van der Waals surface area contributed by atoms with Gasteiger partial charge in [0.05, 0.1) is 0 Å². The Kier molecular flexibility index (Phi) is 5.07. The summed E-state index contributed by atoms with van der Waals surface area (Å²) in [5.74, 6) is -0.220. The van der Waals surface area contributed by atoms with Crippen molar-refractivity contribution in [2.75, 3.05) is 10.6 Å². The summed E-state index contributed by atoms with van der Waals surface area (Å²) in [6.07, 6.45) is 0.374. The predicted molar refractivity (Wildman–Crippen MR) is 103 cm³/mol. The largest absolute Gasteiger partial charge is 0.449 e. The van der Waals surface area contributed by atoms with Crippen molar-refractivity contribution in [1.29, 1.82) is 0 Å². The average Bonchev–Trinajstić information content (AvgIpc) is 2.95. The van der Waals surface area contributed by atoms with Gasteiger partial charge in [0.25, 0.3) is 5.91 Å². The quantitative estimate of drug-likeness (QED) is 0.682. The zero-order chi connectivity index (χ0) is 18.7. The summed E-state index contributed by atoms with van der Waals surface area (Å²) in [6, 6.07) is 14.8. The highest BCUT2D eigenvalue weighted by atomic mass is 16.3. The van der Waals surface area contributed by atoms with E-state index in [4.69, 9.17) is 4.42 Å². The average molecular weight is 350 g/mol. The number of anilines is 2. The second-order valence-electron chi connectivity index (χ2n) is 6.77. The third-order valence-corrected chi connectivity index (χ3v) is 3.97. The maximum absolute atomic E-state index is 12.7. The molecule has 0 aliphatic rings. The number of carbonyl (C=O) groups excluding carboxylic acids is 2. The summed E-state index contributed by atoms with van der Waals surface area (Å²) in [4.78, 5) is 25.0. The molecule has 0 unspecified atom stereocenters. The molecule has 0 saturated heterocycles. The summed E-state index contributed by atoms with van der Waals surface area (Å²) in [7, 11) is 0. The molecule has 2 aromatic carbocycles. The Morgan fingerprint density at radius 2 is 1.69 bits per heavy atom. The molecule has 134 valence electrons. The van der Waals surface area contributed by atoms with Crippen LogP contribution in [0.4, 0.5) is 11.4 Å². The number of hydrogen-bond acceptors (Lipinski definition) is 3. The molecule has 5 nitrogen and oxygen atoms in total. The van der Waals surface area contributed by atoms with Crippen LogP contribution in [-0.4, -0.2) is 11.8 Å². The molecule has 2 amide bonds. The van der Waals surface area contributed by atoms with E-state index in [2.05, 4.69) is 10.6 Å². The van der Waals surface area contributed by atoms with Gasteiger partial charge < -0.3 is 15.1 Å².